The molecule has 29 heavy (non-hydrogen) atoms. The Bertz CT molecular complexity index is 861. The summed E-state index contributed by atoms with van der Waals surface area (Å²) in [6.07, 6.45) is 1.89. The maximum atomic E-state index is 12.2. The van der Waals surface area contributed by atoms with Gasteiger partial charge in [0.05, 0.1) is 6.61 Å². The number of carbonyl (C=O) groups is 1. The van der Waals surface area contributed by atoms with Crippen LogP contribution in [-0.2, 0) is 13.0 Å². The van der Waals surface area contributed by atoms with Gasteiger partial charge in [0.2, 0.25) is 0 Å². The number of ether oxygens (including phenoxy) is 1. The Morgan fingerprint density at radius 3 is 2.55 bits per heavy atom. The van der Waals surface area contributed by atoms with E-state index in [1.807, 2.05) is 42.5 Å². The lowest BCUT2D eigenvalue weighted by molar-refractivity contribution is 0.249. The van der Waals surface area contributed by atoms with Gasteiger partial charge >= 0.3 is 6.03 Å². The summed E-state index contributed by atoms with van der Waals surface area (Å²) in [7, 11) is 0. The number of urea groups is 1. The molecule has 0 spiro atoms. The molecule has 0 atom stereocenters. The first-order valence-electron chi connectivity index (χ1n) is 9.76. The highest BCUT2D eigenvalue weighted by Crippen LogP contribution is 2.18. The second-order valence-corrected chi connectivity index (χ2v) is 7.49. The Hall–Kier alpha value is -2.66. The molecule has 0 fully saturated rings. The minimum absolute atomic E-state index is 0.254. The van der Waals surface area contributed by atoms with Gasteiger partial charge in [0.15, 0.2) is 5.84 Å². The molecule has 0 aliphatic carbocycles. The molecule has 0 aromatic heterocycles. The molecule has 5 nitrogen and oxygen atoms in total. The summed E-state index contributed by atoms with van der Waals surface area (Å²) < 4.78 is 5.71. The summed E-state index contributed by atoms with van der Waals surface area (Å²) in [5, 5.41) is 3.36. The summed E-state index contributed by atoms with van der Waals surface area (Å²) >= 11 is 6.21. The second kappa shape index (κ2) is 11.4. The molecule has 2 rings (SSSR count). The quantitative estimate of drug-likeness (QED) is 0.446. The zero-order valence-electron chi connectivity index (χ0n) is 17.2. The minimum Gasteiger partial charge on any atom is -0.494 e. The van der Waals surface area contributed by atoms with Gasteiger partial charge in [0.25, 0.3) is 0 Å². The lowest BCUT2D eigenvalue weighted by Crippen LogP contribution is -2.21. The molecule has 0 saturated carbocycles. The minimum atomic E-state index is -0.498. The van der Waals surface area contributed by atoms with Crippen molar-refractivity contribution in [3.8, 4) is 5.75 Å². The van der Waals surface area contributed by atoms with Crippen LogP contribution in [0.25, 0.3) is 0 Å². The summed E-state index contributed by atoms with van der Waals surface area (Å²) in [6, 6.07) is 12.6. The fraction of sp³-hybridized carbons (Fsp3) is 0.348. The van der Waals surface area contributed by atoms with E-state index in [0.29, 0.717) is 29.7 Å². The third-order valence-corrected chi connectivity index (χ3v) is 4.75. The van der Waals surface area contributed by atoms with Gasteiger partial charge in [-0.25, -0.2) is 9.79 Å². The van der Waals surface area contributed by atoms with Crippen LogP contribution in [0.15, 0.2) is 52.4 Å². The molecule has 0 bridgehead atoms. The lowest BCUT2D eigenvalue weighted by atomic mass is 10.1. The molecular weight excluding hydrogens is 386 g/mol. The van der Waals surface area contributed by atoms with Gasteiger partial charge < -0.3 is 10.1 Å². The number of hydrogen-bond donors (Lipinski definition) is 1. The maximum absolute atomic E-state index is 12.2. The molecule has 154 valence electrons. The molecule has 0 aliphatic rings. The molecule has 6 heteroatoms. The SMILES string of the molecule is C=N/C(=N\C(=O)NCc1cc(CC)ccc1Cl)c1ccc(OCCC(C)C)cc1. The Balaban J connectivity index is 1.99. The monoisotopic (exact) mass is 413 g/mol. The van der Waals surface area contributed by atoms with Crippen molar-refractivity contribution in [2.24, 2.45) is 15.9 Å². The largest absolute Gasteiger partial charge is 0.494 e. The normalized spacial score (nSPS) is 11.4. The molecule has 0 radical (unpaired) electrons. The first-order valence-corrected chi connectivity index (χ1v) is 10.1. The molecule has 2 aromatic rings. The Kier molecular flexibility index (Phi) is 8.87. The highest BCUT2D eigenvalue weighted by molar-refractivity contribution is 6.31. The number of aliphatic imine (C=N–C) groups is 2. The topological polar surface area (TPSA) is 63.0 Å². The highest BCUT2D eigenvalue weighted by Gasteiger charge is 2.08. The Morgan fingerprint density at radius 1 is 1.21 bits per heavy atom. The number of amides is 2. The Labute approximate surface area is 177 Å². The van der Waals surface area contributed by atoms with Crippen molar-refractivity contribution in [2.75, 3.05) is 6.61 Å². The molecule has 0 saturated heterocycles. The molecule has 2 aromatic carbocycles. The van der Waals surface area contributed by atoms with Gasteiger partial charge in [-0.3, -0.25) is 0 Å². The Morgan fingerprint density at radius 2 is 1.93 bits per heavy atom. The van der Waals surface area contributed by atoms with Crippen LogP contribution >= 0.6 is 11.6 Å². The number of aryl methyl sites for hydroxylation is 1. The van der Waals surface area contributed by atoms with Gasteiger partial charge in [-0.15, -0.1) is 0 Å². The van der Waals surface area contributed by atoms with Crippen molar-refractivity contribution in [1.29, 1.82) is 0 Å². The lowest BCUT2D eigenvalue weighted by Gasteiger charge is -2.09. The van der Waals surface area contributed by atoms with E-state index in [-0.39, 0.29) is 5.84 Å². The fourth-order valence-corrected chi connectivity index (χ4v) is 2.78. The summed E-state index contributed by atoms with van der Waals surface area (Å²) in [4.78, 5) is 20.1. The van der Waals surface area contributed by atoms with E-state index in [1.165, 1.54) is 0 Å². The fourth-order valence-electron chi connectivity index (χ4n) is 2.59. The standard InChI is InChI=1S/C23H28ClN3O2/c1-5-17-6-11-21(24)19(14-17)15-26-23(28)27-22(25-4)18-7-9-20(10-8-18)29-13-12-16(2)3/h6-11,14,16H,4-5,12-13,15H2,1-3H3,(H,26,28)/b27-22-. The molecule has 1 N–H and O–H groups in total. The van der Waals surface area contributed by atoms with E-state index in [1.54, 1.807) is 0 Å². The molecule has 0 unspecified atom stereocenters. The van der Waals surface area contributed by atoms with Gasteiger partial charge in [0, 0.05) is 17.1 Å². The van der Waals surface area contributed by atoms with Crippen LogP contribution in [0.2, 0.25) is 5.02 Å². The first kappa shape index (κ1) is 22.6. The van der Waals surface area contributed by atoms with Crippen LogP contribution in [0.1, 0.15) is 43.9 Å². The zero-order chi connectivity index (χ0) is 21.2. The average Bonchev–Trinajstić information content (AvgIpc) is 2.71. The van der Waals surface area contributed by atoms with E-state index >= 15 is 0 Å². The van der Waals surface area contributed by atoms with Gasteiger partial charge in [-0.2, -0.15) is 4.99 Å². The molecule has 0 heterocycles. The number of rotatable bonds is 8. The molecular formula is C23H28ClN3O2. The van der Waals surface area contributed by atoms with Crippen molar-refractivity contribution in [3.63, 3.8) is 0 Å². The smallest absolute Gasteiger partial charge is 0.343 e. The van der Waals surface area contributed by atoms with E-state index in [2.05, 4.69) is 42.8 Å². The number of benzene rings is 2. The number of carbonyl (C=O) groups excluding carboxylic acids is 1. The first-order chi connectivity index (χ1) is 13.9. The molecule has 2 amide bonds. The van der Waals surface area contributed by atoms with Crippen molar-refractivity contribution >= 4 is 30.2 Å². The third kappa shape index (κ3) is 7.35. The predicted octanol–water partition coefficient (Wildman–Crippen LogP) is 5.68. The average molecular weight is 414 g/mol. The summed E-state index contributed by atoms with van der Waals surface area (Å²) in [5.74, 6) is 1.62. The van der Waals surface area contributed by atoms with Crippen molar-refractivity contribution < 1.29 is 9.53 Å². The third-order valence-electron chi connectivity index (χ3n) is 4.38. The van der Waals surface area contributed by atoms with Crippen LogP contribution in [0.5, 0.6) is 5.75 Å². The van der Waals surface area contributed by atoms with E-state index in [0.717, 1.165) is 29.7 Å². The number of amidine groups is 1. The van der Waals surface area contributed by atoms with Crippen molar-refractivity contribution in [3.05, 3.63) is 64.2 Å². The number of nitrogens with zero attached hydrogens (tertiary/aromatic N) is 2. The zero-order valence-corrected chi connectivity index (χ0v) is 18.0. The van der Waals surface area contributed by atoms with E-state index < -0.39 is 6.03 Å². The van der Waals surface area contributed by atoms with Gasteiger partial charge in [0.1, 0.15) is 5.75 Å². The van der Waals surface area contributed by atoms with Crippen molar-refractivity contribution in [2.45, 2.75) is 40.2 Å². The van der Waals surface area contributed by atoms with Crippen molar-refractivity contribution in [1.82, 2.24) is 5.32 Å². The predicted molar refractivity (Wildman–Crippen MR) is 121 cm³/mol. The van der Waals surface area contributed by atoms with Crippen LogP contribution in [0.4, 0.5) is 4.79 Å². The number of hydrogen-bond acceptors (Lipinski definition) is 2. The van der Waals surface area contributed by atoms with Gasteiger partial charge in [-0.1, -0.05) is 44.5 Å². The van der Waals surface area contributed by atoms with Gasteiger partial charge in [-0.05, 0) is 66.9 Å². The van der Waals surface area contributed by atoms with Crippen LogP contribution < -0.4 is 10.1 Å². The van der Waals surface area contributed by atoms with Crippen LogP contribution in [0, 0.1) is 5.92 Å². The highest BCUT2D eigenvalue weighted by atomic mass is 35.5. The van der Waals surface area contributed by atoms with E-state index in [4.69, 9.17) is 16.3 Å². The van der Waals surface area contributed by atoms with E-state index in [9.17, 15) is 4.79 Å². The summed E-state index contributed by atoms with van der Waals surface area (Å²) in [5.41, 5.74) is 2.70. The summed E-state index contributed by atoms with van der Waals surface area (Å²) in [6.45, 7) is 10.9. The number of halogens is 1. The van der Waals surface area contributed by atoms with Crippen LogP contribution in [-0.4, -0.2) is 25.2 Å². The molecule has 0 aliphatic heterocycles. The number of nitrogens with one attached hydrogen (secondary N) is 1. The second-order valence-electron chi connectivity index (χ2n) is 7.09. The maximum Gasteiger partial charge on any atom is 0.343 e. The van der Waals surface area contributed by atoms with Crippen LogP contribution in [0.3, 0.4) is 0 Å².